The van der Waals surface area contributed by atoms with E-state index in [1.165, 1.54) is 25.8 Å². The van der Waals surface area contributed by atoms with Gasteiger partial charge in [0.25, 0.3) is 0 Å². The second-order valence-electron chi connectivity index (χ2n) is 6.37. The molecule has 0 spiro atoms. The highest BCUT2D eigenvalue weighted by atomic mass is 16.5. The Kier molecular flexibility index (Phi) is 5.05. The first-order valence-corrected chi connectivity index (χ1v) is 7.72. The molecule has 1 N–H and O–H groups in total. The maximum atomic E-state index is 5.81. The second-order valence-corrected chi connectivity index (χ2v) is 6.37. The van der Waals surface area contributed by atoms with Crippen LogP contribution >= 0.6 is 0 Å². The molecule has 1 saturated carbocycles. The van der Waals surface area contributed by atoms with Gasteiger partial charge in [-0.1, -0.05) is 20.8 Å². The van der Waals surface area contributed by atoms with E-state index in [1.807, 2.05) is 0 Å². The van der Waals surface area contributed by atoms with Crippen LogP contribution in [0.2, 0.25) is 0 Å². The average Bonchev–Trinajstić information content (AvgIpc) is 2.27. The van der Waals surface area contributed by atoms with Gasteiger partial charge in [0.05, 0.1) is 12.7 Å². The topological polar surface area (TPSA) is 24.5 Å². The fourth-order valence-electron chi connectivity index (χ4n) is 3.24. The van der Waals surface area contributed by atoms with Crippen molar-refractivity contribution in [3.63, 3.8) is 0 Å². The van der Waals surface area contributed by atoms with E-state index < -0.39 is 0 Å². The van der Waals surface area contributed by atoms with Crippen molar-refractivity contribution in [2.75, 3.05) is 19.7 Å². The standard InChI is InChI=1S/C15H30N2O/c1-5-14-10-18-12(4)9-17(14)15-7-6-13(15)8-16-11(2)3/h11-16H,5-10H2,1-4H3. The molecule has 18 heavy (non-hydrogen) atoms. The highest BCUT2D eigenvalue weighted by Crippen LogP contribution is 2.35. The summed E-state index contributed by atoms with van der Waals surface area (Å²) in [7, 11) is 0. The molecule has 1 aliphatic carbocycles. The Hall–Kier alpha value is -0.120. The van der Waals surface area contributed by atoms with Gasteiger partial charge in [-0.2, -0.15) is 0 Å². The summed E-state index contributed by atoms with van der Waals surface area (Å²) in [5, 5.41) is 3.60. The van der Waals surface area contributed by atoms with Gasteiger partial charge in [-0.3, -0.25) is 4.90 Å². The van der Waals surface area contributed by atoms with E-state index >= 15 is 0 Å². The summed E-state index contributed by atoms with van der Waals surface area (Å²) < 4.78 is 5.81. The molecule has 1 heterocycles. The smallest absolute Gasteiger partial charge is 0.0674 e. The molecule has 0 aromatic heterocycles. The van der Waals surface area contributed by atoms with Gasteiger partial charge in [0.2, 0.25) is 0 Å². The zero-order valence-electron chi connectivity index (χ0n) is 12.5. The van der Waals surface area contributed by atoms with Crippen LogP contribution in [-0.2, 0) is 4.74 Å². The lowest BCUT2D eigenvalue weighted by atomic mass is 9.77. The van der Waals surface area contributed by atoms with Crippen molar-refractivity contribution in [1.82, 2.24) is 10.2 Å². The van der Waals surface area contributed by atoms with Crippen LogP contribution in [0.3, 0.4) is 0 Å². The number of hydrogen-bond acceptors (Lipinski definition) is 3. The normalized spacial score (nSPS) is 37.8. The van der Waals surface area contributed by atoms with Crippen LogP contribution in [0, 0.1) is 5.92 Å². The van der Waals surface area contributed by atoms with E-state index in [2.05, 4.69) is 37.9 Å². The molecule has 0 radical (unpaired) electrons. The molecule has 3 heteroatoms. The number of ether oxygens (including phenoxy) is 1. The molecular weight excluding hydrogens is 224 g/mol. The Bertz CT molecular complexity index is 257. The third-order valence-corrected chi connectivity index (χ3v) is 4.57. The van der Waals surface area contributed by atoms with Gasteiger partial charge in [-0.25, -0.2) is 0 Å². The summed E-state index contributed by atoms with van der Waals surface area (Å²) in [6, 6.07) is 2.05. The number of hydrogen-bond donors (Lipinski definition) is 1. The Labute approximate surface area is 112 Å². The van der Waals surface area contributed by atoms with Gasteiger partial charge in [0, 0.05) is 24.7 Å². The minimum Gasteiger partial charge on any atom is -0.376 e. The monoisotopic (exact) mass is 254 g/mol. The van der Waals surface area contributed by atoms with Crippen molar-refractivity contribution in [3.05, 3.63) is 0 Å². The fraction of sp³-hybridized carbons (Fsp3) is 1.00. The molecule has 2 rings (SSSR count). The summed E-state index contributed by atoms with van der Waals surface area (Å²) in [5.41, 5.74) is 0. The lowest BCUT2D eigenvalue weighted by Crippen LogP contribution is -2.59. The summed E-state index contributed by atoms with van der Waals surface area (Å²) in [4.78, 5) is 2.74. The molecule has 1 saturated heterocycles. The zero-order valence-corrected chi connectivity index (χ0v) is 12.5. The minimum absolute atomic E-state index is 0.409. The van der Waals surface area contributed by atoms with E-state index in [0.717, 1.165) is 25.1 Å². The molecule has 4 atom stereocenters. The van der Waals surface area contributed by atoms with Crippen molar-refractivity contribution >= 4 is 0 Å². The number of morpholine rings is 1. The predicted octanol–water partition coefficient (Wildman–Crippen LogP) is 2.26. The van der Waals surface area contributed by atoms with Crippen LogP contribution in [0.25, 0.3) is 0 Å². The first kappa shape index (κ1) is 14.3. The highest BCUT2D eigenvalue weighted by molar-refractivity contribution is 4.94. The van der Waals surface area contributed by atoms with E-state index in [9.17, 15) is 0 Å². The lowest BCUT2D eigenvalue weighted by molar-refractivity contribution is -0.0986. The number of rotatable bonds is 5. The van der Waals surface area contributed by atoms with E-state index in [4.69, 9.17) is 4.74 Å². The molecule has 2 aliphatic rings. The molecule has 1 aliphatic heterocycles. The molecule has 0 bridgehead atoms. The largest absolute Gasteiger partial charge is 0.376 e. The molecule has 106 valence electrons. The fourth-order valence-corrected chi connectivity index (χ4v) is 3.24. The minimum atomic E-state index is 0.409. The summed E-state index contributed by atoms with van der Waals surface area (Å²) >= 11 is 0. The summed E-state index contributed by atoms with van der Waals surface area (Å²) in [6.07, 6.45) is 4.40. The van der Waals surface area contributed by atoms with Gasteiger partial charge in [0.1, 0.15) is 0 Å². The van der Waals surface area contributed by atoms with E-state index in [-0.39, 0.29) is 0 Å². The van der Waals surface area contributed by atoms with E-state index in [1.54, 1.807) is 0 Å². The Balaban J connectivity index is 1.88. The molecule has 3 nitrogen and oxygen atoms in total. The van der Waals surface area contributed by atoms with Crippen molar-refractivity contribution in [2.45, 2.75) is 71.2 Å². The molecule has 2 fully saturated rings. The van der Waals surface area contributed by atoms with Crippen LogP contribution in [0.5, 0.6) is 0 Å². The van der Waals surface area contributed by atoms with Crippen molar-refractivity contribution in [1.29, 1.82) is 0 Å². The van der Waals surface area contributed by atoms with Gasteiger partial charge >= 0.3 is 0 Å². The van der Waals surface area contributed by atoms with Crippen LogP contribution in [-0.4, -0.2) is 48.8 Å². The van der Waals surface area contributed by atoms with Crippen LogP contribution < -0.4 is 5.32 Å². The van der Waals surface area contributed by atoms with Gasteiger partial charge < -0.3 is 10.1 Å². The zero-order chi connectivity index (χ0) is 13.1. The Morgan fingerprint density at radius 2 is 2.11 bits per heavy atom. The summed E-state index contributed by atoms with van der Waals surface area (Å²) in [6.45, 7) is 12.2. The maximum Gasteiger partial charge on any atom is 0.0674 e. The van der Waals surface area contributed by atoms with E-state index in [0.29, 0.717) is 18.2 Å². The molecule has 0 aromatic rings. The number of nitrogens with zero attached hydrogens (tertiary/aromatic N) is 1. The first-order chi connectivity index (χ1) is 8.61. The van der Waals surface area contributed by atoms with Gasteiger partial charge in [0.15, 0.2) is 0 Å². The van der Waals surface area contributed by atoms with Gasteiger partial charge in [-0.15, -0.1) is 0 Å². The third-order valence-electron chi connectivity index (χ3n) is 4.57. The van der Waals surface area contributed by atoms with Crippen LogP contribution in [0.15, 0.2) is 0 Å². The maximum absolute atomic E-state index is 5.81. The first-order valence-electron chi connectivity index (χ1n) is 7.72. The molecule has 4 unspecified atom stereocenters. The SMILES string of the molecule is CCC1COC(C)CN1C1CCC1CNC(C)C. The van der Waals surface area contributed by atoms with Crippen LogP contribution in [0.4, 0.5) is 0 Å². The van der Waals surface area contributed by atoms with Crippen LogP contribution in [0.1, 0.15) is 47.0 Å². The summed E-state index contributed by atoms with van der Waals surface area (Å²) in [5.74, 6) is 0.853. The lowest BCUT2D eigenvalue weighted by Gasteiger charge is -2.51. The number of nitrogens with one attached hydrogen (secondary N) is 1. The van der Waals surface area contributed by atoms with Crippen molar-refractivity contribution < 1.29 is 4.74 Å². The Morgan fingerprint density at radius 1 is 1.33 bits per heavy atom. The molecule has 0 amide bonds. The van der Waals surface area contributed by atoms with Crippen molar-refractivity contribution in [2.24, 2.45) is 5.92 Å². The molecular formula is C15H30N2O. The average molecular weight is 254 g/mol. The molecule has 0 aromatic carbocycles. The van der Waals surface area contributed by atoms with Crippen molar-refractivity contribution in [3.8, 4) is 0 Å². The third kappa shape index (κ3) is 3.25. The quantitative estimate of drug-likeness (QED) is 0.814. The second kappa shape index (κ2) is 6.36. The van der Waals surface area contributed by atoms with Gasteiger partial charge in [-0.05, 0) is 38.6 Å². The highest BCUT2D eigenvalue weighted by Gasteiger charge is 2.40. The Morgan fingerprint density at radius 3 is 2.67 bits per heavy atom. The predicted molar refractivity (Wildman–Crippen MR) is 75.8 cm³/mol.